The summed E-state index contributed by atoms with van der Waals surface area (Å²) < 4.78 is 20.3. The number of hydrogen-bond donors (Lipinski definition) is 0. The molecular formula is C31H37FN2O. The minimum atomic E-state index is -0.442. The van der Waals surface area contributed by atoms with Crippen molar-refractivity contribution in [3.8, 4) is 29.0 Å². The minimum Gasteiger partial charge on any atom is -0.491 e. The number of ether oxygens (including phenoxy) is 1. The van der Waals surface area contributed by atoms with Crippen LogP contribution in [0.4, 0.5) is 4.39 Å². The lowest BCUT2D eigenvalue weighted by Gasteiger charge is -2.54. The number of unbranched alkanes of at least 4 members (excludes halogenated alkanes) is 3. The molecule has 2 bridgehead atoms. The molecule has 2 aromatic carbocycles. The molecule has 3 nitrogen and oxygen atoms in total. The van der Waals surface area contributed by atoms with E-state index in [-0.39, 0.29) is 11.2 Å². The van der Waals surface area contributed by atoms with Crippen molar-refractivity contribution in [2.45, 2.75) is 96.3 Å². The molecule has 0 atom stereocenters. The Labute approximate surface area is 209 Å². The van der Waals surface area contributed by atoms with E-state index in [0.29, 0.717) is 34.3 Å². The molecule has 35 heavy (non-hydrogen) atoms. The molecule has 3 aliphatic rings. The van der Waals surface area contributed by atoms with Gasteiger partial charge in [0.25, 0.3) is 0 Å². The first-order chi connectivity index (χ1) is 17.0. The third-order valence-electron chi connectivity index (χ3n) is 8.71. The first kappa shape index (κ1) is 25.2. The number of rotatable bonds is 10. The topological polar surface area (TPSA) is 56.8 Å². The van der Waals surface area contributed by atoms with Crippen LogP contribution in [0.15, 0.2) is 30.3 Å². The molecule has 0 aliphatic heterocycles. The van der Waals surface area contributed by atoms with Crippen molar-refractivity contribution < 1.29 is 9.13 Å². The molecule has 0 radical (unpaired) electrons. The highest BCUT2D eigenvalue weighted by Gasteiger charge is 2.49. The summed E-state index contributed by atoms with van der Waals surface area (Å²) in [5, 5.41) is 20.3. The molecular weight excluding hydrogens is 435 g/mol. The monoisotopic (exact) mass is 472 g/mol. The zero-order valence-electron chi connectivity index (χ0n) is 21.3. The van der Waals surface area contributed by atoms with Gasteiger partial charge in [0.05, 0.1) is 17.7 Å². The first-order valence-corrected chi connectivity index (χ1v) is 13.4. The Bertz CT molecular complexity index is 1120. The summed E-state index contributed by atoms with van der Waals surface area (Å²) in [7, 11) is 0. The second kappa shape index (κ2) is 10.8. The third kappa shape index (κ3) is 4.95. The fourth-order valence-electron chi connectivity index (χ4n) is 6.42. The van der Waals surface area contributed by atoms with Crippen LogP contribution < -0.4 is 4.74 Å². The molecule has 5 rings (SSSR count). The highest BCUT2D eigenvalue weighted by atomic mass is 19.1. The fraction of sp³-hybridized carbons (Fsp3) is 0.548. The maximum Gasteiger partial charge on any atom is 0.165 e. The van der Waals surface area contributed by atoms with Gasteiger partial charge >= 0.3 is 0 Å². The van der Waals surface area contributed by atoms with Gasteiger partial charge in [-0.15, -0.1) is 0 Å². The first-order valence-electron chi connectivity index (χ1n) is 13.4. The van der Waals surface area contributed by atoms with Gasteiger partial charge in [0.2, 0.25) is 0 Å². The molecule has 3 fully saturated rings. The summed E-state index contributed by atoms with van der Waals surface area (Å²) in [5.41, 5.74) is 3.57. The van der Waals surface area contributed by atoms with E-state index in [4.69, 9.17) is 4.74 Å². The Morgan fingerprint density at radius 2 is 1.54 bits per heavy atom. The summed E-state index contributed by atoms with van der Waals surface area (Å²) >= 11 is 0. The van der Waals surface area contributed by atoms with Gasteiger partial charge in [-0.05, 0) is 85.5 Å². The molecule has 184 valence electrons. The number of fused-ring (bicyclic) bond motifs is 3. The van der Waals surface area contributed by atoms with E-state index in [2.05, 4.69) is 26.0 Å². The van der Waals surface area contributed by atoms with Crippen LogP contribution in [0.5, 0.6) is 5.75 Å². The van der Waals surface area contributed by atoms with Crippen LogP contribution in [-0.2, 0) is 5.41 Å². The van der Waals surface area contributed by atoms with Crippen molar-refractivity contribution in [3.63, 3.8) is 0 Å². The predicted molar refractivity (Wildman–Crippen MR) is 138 cm³/mol. The van der Waals surface area contributed by atoms with E-state index in [1.807, 2.05) is 12.1 Å². The fourth-order valence-corrected chi connectivity index (χ4v) is 6.42. The van der Waals surface area contributed by atoms with Gasteiger partial charge in [0.15, 0.2) is 11.6 Å². The third-order valence-corrected chi connectivity index (χ3v) is 8.71. The van der Waals surface area contributed by atoms with Crippen LogP contribution in [0.25, 0.3) is 11.1 Å². The summed E-state index contributed by atoms with van der Waals surface area (Å²) in [6.45, 7) is 4.80. The molecule has 0 saturated heterocycles. The van der Waals surface area contributed by atoms with Crippen LogP contribution in [0.3, 0.4) is 0 Å². The van der Waals surface area contributed by atoms with Crippen molar-refractivity contribution in [3.05, 3.63) is 52.8 Å². The van der Waals surface area contributed by atoms with Gasteiger partial charge in [-0.2, -0.15) is 10.5 Å². The SMILES string of the molecule is CCCCCC12CCC(c3ccc(-c4ccc(OCCCC)c(F)c4)c(C#N)c3C#N)(CC1)CC2. The molecule has 2 aromatic rings. The van der Waals surface area contributed by atoms with Crippen LogP contribution >= 0.6 is 0 Å². The second-order valence-electron chi connectivity index (χ2n) is 10.7. The Morgan fingerprint density at radius 1 is 0.857 bits per heavy atom. The normalized spacial score (nSPS) is 23.0. The standard InChI is InChI=1S/C31H37FN2O/c1-3-5-7-12-30-13-16-31(17-14-30,18-15-30)27-10-9-24(25(21-33)26(27)22-34)23-8-11-29(28(32)20-23)35-19-6-4-2/h8-11,20H,3-7,12-19H2,1-2H3. The summed E-state index contributed by atoms with van der Waals surface area (Å²) in [6.07, 6.45) is 14.0. The molecule has 0 amide bonds. The van der Waals surface area contributed by atoms with Crippen molar-refractivity contribution in [1.82, 2.24) is 0 Å². The van der Waals surface area contributed by atoms with E-state index in [9.17, 15) is 14.9 Å². The minimum absolute atomic E-state index is 0.01000. The quantitative estimate of drug-likeness (QED) is 0.325. The van der Waals surface area contributed by atoms with Crippen molar-refractivity contribution in [2.24, 2.45) is 5.41 Å². The Hall–Kier alpha value is -2.85. The average molecular weight is 473 g/mol. The van der Waals surface area contributed by atoms with Gasteiger partial charge in [0.1, 0.15) is 12.1 Å². The lowest BCUT2D eigenvalue weighted by Crippen LogP contribution is -2.44. The Kier molecular flexibility index (Phi) is 7.81. The van der Waals surface area contributed by atoms with E-state index >= 15 is 0 Å². The molecule has 0 heterocycles. The molecule has 3 aliphatic carbocycles. The highest BCUT2D eigenvalue weighted by molar-refractivity contribution is 5.76. The van der Waals surface area contributed by atoms with Crippen molar-refractivity contribution in [1.29, 1.82) is 10.5 Å². The lowest BCUT2D eigenvalue weighted by atomic mass is 9.50. The molecule has 0 spiro atoms. The van der Waals surface area contributed by atoms with Gasteiger partial charge in [-0.1, -0.05) is 57.7 Å². The summed E-state index contributed by atoms with van der Waals surface area (Å²) in [4.78, 5) is 0. The zero-order valence-corrected chi connectivity index (χ0v) is 21.3. The molecule has 0 unspecified atom stereocenters. The van der Waals surface area contributed by atoms with E-state index in [1.165, 1.54) is 51.0 Å². The molecule has 0 N–H and O–H groups in total. The Balaban J connectivity index is 1.62. The highest BCUT2D eigenvalue weighted by Crippen LogP contribution is 2.60. The number of benzene rings is 2. The van der Waals surface area contributed by atoms with E-state index in [0.717, 1.165) is 37.7 Å². The van der Waals surface area contributed by atoms with Gasteiger partial charge in [-0.3, -0.25) is 0 Å². The van der Waals surface area contributed by atoms with Crippen LogP contribution in [0, 0.1) is 33.9 Å². The summed E-state index contributed by atoms with van der Waals surface area (Å²) in [6, 6.07) is 13.5. The van der Waals surface area contributed by atoms with Crippen LogP contribution in [-0.4, -0.2) is 6.61 Å². The smallest absolute Gasteiger partial charge is 0.165 e. The van der Waals surface area contributed by atoms with Gasteiger partial charge in [-0.25, -0.2) is 4.39 Å². The van der Waals surface area contributed by atoms with Gasteiger partial charge < -0.3 is 4.74 Å². The summed E-state index contributed by atoms with van der Waals surface area (Å²) in [5.74, 6) is -0.216. The van der Waals surface area contributed by atoms with Crippen LogP contribution in [0.1, 0.15) is 108 Å². The molecule has 4 heteroatoms. The molecule has 3 saturated carbocycles. The number of nitrogens with zero attached hydrogens (tertiary/aromatic N) is 2. The predicted octanol–water partition coefficient (Wildman–Crippen LogP) is 8.59. The number of halogens is 1. The molecule has 0 aromatic heterocycles. The number of nitriles is 2. The average Bonchev–Trinajstić information content (AvgIpc) is 2.90. The second-order valence-corrected chi connectivity index (χ2v) is 10.7. The van der Waals surface area contributed by atoms with Crippen LogP contribution in [0.2, 0.25) is 0 Å². The van der Waals surface area contributed by atoms with Gasteiger partial charge in [0, 0.05) is 5.56 Å². The maximum absolute atomic E-state index is 14.7. The maximum atomic E-state index is 14.7. The van der Waals surface area contributed by atoms with E-state index in [1.54, 1.807) is 12.1 Å². The zero-order chi connectivity index (χ0) is 24.9. The van der Waals surface area contributed by atoms with Crippen molar-refractivity contribution in [2.75, 3.05) is 6.61 Å². The van der Waals surface area contributed by atoms with E-state index < -0.39 is 5.82 Å². The van der Waals surface area contributed by atoms with Crippen molar-refractivity contribution >= 4 is 0 Å². The largest absolute Gasteiger partial charge is 0.491 e. The number of hydrogen-bond acceptors (Lipinski definition) is 3. The Morgan fingerprint density at radius 3 is 2.14 bits per heavy atom. The lowest BCUT2D eigenvalue weighted by molar-refractivity contribution is 0.0304.